The molecule has 0 spiro atoms. The lowest BCUT2D eigenvalue weighted by molar-refractivity contribution is -0.138. The number of likely N-dealkylation sites (tertiary alicyclic amines) is 1. The van der Waals surface area contributed by atoms with E-state index >= 15 is 0 Å². The summed E-state index contributed by atoms with van der Waals surface area (Å²) in [6, 6.07) is 6.24. The highest BCUT2D eigenvalue weighted by Gasteiger charge is 2.45. The number of benzene rings is 1. The molecule has 2 atom stereocenters. The number of halogens is 2. The van der Waals surface area contributed by atoms with Crippen molar-refractivity contribution in [3.63, 3.8) is 0 Å². The molecule has 5 rings (SSSR count). The maximum Gasteiger partial charge on any atom is 0.269 e. The molecule has 1 saturated heterocycles. The second kappa shape index (κ2) is 8.47. The molecular weight excluding hydrogens is 446 g/mol. The second-order valence-electron chi connectivity index (χ2n) is 8.55. The highest BCUT2D eigenvalue weighted by Crippen LogP contribution is 2.36. The van der Waals surface area contributed by atoms with Crippen LogP contribution in [-0.2, 0) is 16.1 Å². The van der Waals surface area contributed by atoms with Gasteiger partial charge in [0.15, 0.2) is 5.69 Å². The second-order valence-corrected chi connectivity index (χ2v) is 8.55. The number of hydrogen-bond acceptors (Lipinski definition) is 5. The summed E-state index contributed by atoms with van der Waals surface area (Å²) in [7, 11) is 0. The maximum absolute atomic E-state index is 14.5. The summed E-state index contributed by atoms with van der Waals surface area (Å²) in [4.78, 5) is 45.0. The van der Waals surface area contributed by atoms with Crippen LogP contribution in [0.15, 0.2) is 42.7 Å². The first-order chi connectivity index (χ1) is 16.3. The van der Waals surface area contributed by atoms with Crippen LogP contribution in [0.4, 0.5) is 14.5 Å². The third-order valence-electron chi connectivity index (χ3n) is 6.19. The number of primary amides is 1. The van der Waals surface area contributed by atoms with Gasteiger partial charge in [-0.05, 0) is 31.0 Å². The summed E-state index contributed by atoms with van der Waals surface area (Å²) >= 11 is 0. The number of alkyl halides is 1. The normalized spacial score (nSPS) is 20.0. The summed E-state index contributed by atoms with van der Waals surface area (Å²) in [5.41, 5.74) is 5.92. The zero-order valence-corrected chi connectivity index (χ0v) is 18.1. The topological polar surface area (TPSA) is 114 Å². The lowest BCUT2D eigenvalue weighted by atomic mass is 10.1. The van der Waals surface area contributed by atoms with Gasteiger partial charge in [-0.3, -0.25) is 24.0 Å². The van der Waals surface area contributed by atoms with Gasteiger partial charge < -0.3 is 15.5 Å². The summed E-state index contributed by atoms with van der Waals surface area (Å²) < 4.78 is 30.3. The third-order valence-corrected chi connectivity index (χ3v) is 6.19. The Morgan fingerprint density at radius 2 is 1.94 bits per heavy atom. The van der Waals surface area contributed by atoms with Crippen molar-refractivity contribution in [1.29, 1.82) is 0 Å². The van der Waals surface area contributed by atoms with E-state index in [9.17, 15) is 23.2 Å². The molecule has 0 radical (unpaired) electrons. The molecule has 2 aliphatic rings. The van der Waals surface area contributed by atoms with Crippen LogP contribution in [-0.4, -0.2) is 62.2 Å². The lowest BCUT2D eigenvalue weighted by Gasteiger charge is -2.30. The number of carbonyl (C=O) groups excluding carboxylic acids is 3. The predicted molar refractivity (Wildman–Crippen MR) is 118 cm³/mol. The molecule has 1 saturated carbocycles. The molecule has 3 aromatic rings. The predicted octanol–water partition coefficient (Wildman–Crippen LogP) is 1.80. The minimum absolute atomic E-state index is 0.0120. The smallest absolute Gasteiger partial charge is 0.269 e. The molecule has 2 aromatic heterocycles. The number of nitrogens with two attached hydrogens (primary N) is 1. The number of para-hydroxylation sites is 1. The fourth-order valence-electron chi connectivity index (χ4n) is 4.47. The monoisotopic (exact) mass is 468 g/mol. The van der Waals surface area contributed by atoms with Crippen molar-refractivity contribution in [1.82, 2.24) is 19.7 Å². The van der Waals surface area contributed by atoms with E-state index in [1.807, 2.05) is 0 Å². The van der Waals surface area contributed by atoms with Gasteiger partial charge in [0.2, 0.25) is 11.8 Å². The SMILES string of the molecule is NC(=O)c1nn(CC(=O)N2C[C@H](F)C[C@H]2C(=O)N(c2ccccc2F)C2CC2)c2cnccc12. The molecule has 1 aliphatic heterocycles. The van der Waals surface area contributed by atoms with Gasteiger partial charge in [-0.25, -0.2) is 8.78 Å². The van der Waals surface area contributed by atoms with E-state index in [0.29, 0.717) is 23.7 Å². The van der Waals surface area contributed by atoms with E-state index in [-0.39, 0.29) is 36.9 Å². The highest BCUT2D eigenvalue weighted by molar-refractivity contribution is 6.04. The van der Waals surface area contributed by atoms with E-state index in [2.05, 4.69) is 10.1 Å². The molecule has 2 fully saturated rings. The number of rotatable bonds is 6. The number of anilines is 1. The number of hydrogen-bond donors (Lipinski definition) is 1. The number of nitrogens with zero attached hydrogens (tertiary/aromatic N) is 5. The molecule has 176 valence electrons. The largest absolute Gasteiger partial charge is 0.364 e. The van der Waals surface area contributed by atoms with Gasteiger partial charge in [0.1, 0.15) is 24.6 Å². The molecule has 3 amide bonds. The Hall–Kier alpha value is -3.89. The van der Waals surface area contributed by atoms with Crippen molar-refractivity contribution in [2.24, 2.45) is 5.73 Å². The van der Waals surface area contributed by atoms with Crippen molar-refractivity contribution in [2.45, 2.75) is 44.1 Å². The van der Waals surface area contributed by atoms with Crippen molar-refractivity contribution in [3.8, 4) is 0 Å². The first-order valence-electron chi connectivity index (χ1n) is 11.0. The molecule has 2 N–H and O–H groups in total. The Bertz CT molecular complexity index is 1290. The van der Waals surface area contributed by atoms with Crippen LogP contribution in [0.1, 0.15) is 29.8 Å². The van der Waals surface area contributed by atoms with Gasteiger partial charge in [0, 0.05) is 24.0 Å². The number of amides is 3. The van der Waals surface area contributed by atoms with Crippen LogP contribution in [0.2, 0.25) is 0 Å². The van der Waals surface area contributed by atoms with Crippen LogP contribution in [0, 0.1) is 5.82 Å². The molecule has 0 bridgehead atoms. The number of pyridine rings is 1. The average molecular weight is 468 g/mol. The summed E-state index contributed by atoms with van der Waals surface area (Å²) in [6.45, 7) is -0.597. The van der Waals surface area contributed by atoms with E-state index in [1.54, 1.807) is 12.1 Å². The zero-order valence-electron chi connectivity index (χ0n) is 18.1. The summed E-state index contributed by atoms with van der Waals surface area (Å²) in [5, 5.41) is 4.57. The van der Waals surface area contributed by atoms with E-state index in [1.165, 1.54) is 45.1 Å². The van der Waals surface area contributed by atoms with E-state index < -0.39 is 35.8 Å². The molecule has 9 nitrogen and oxygen atoms in total. The van der Waals surface area contributed by atoms with Gasteiger partial charge in [-0.1, -0.05) is 12.1 Å². The standard InChI is InChI=1S/C23H22F2N6O3/c24-13-9-18(23(34)31(14-5-6-14)17-4-2-1-3-16(17)25)29(11-13)20(32)12-30-19-10-27-8-7-15(19)21(28-30)22(26)33/h1-4,7-8,10,13-14,18H,5-6,9,11-12H2,(H2,26,33)/t13-,18+/m1/s1. The van der Waals surface area contributed by atoms with E-state index in [4.69, 9.17) is 5.73 Å². The molecule has 11 heteroatoms. The van der Waals surface area contributed by atoms with Crippen molar-refractivity contribution < 1.29 is 23.2 Å². The minimum atomic E-state index is -1.39. The fourth-order valence-corrected chi connectivity index (χ4v) is 4.47. The van der Waals surface area contributed by atoms with Crippen molar-refractivity contribution in [2.75, 3.05) is 11.4 Å². The number of aromatic nitrogens is 3. The minimum Gasteiger partial charge on any atom is -0.364 e. The van der Waals surface area contributed by atoms with Gasteiger partial charge in [-0.2, -0.15) is 5.10 Å². The first kappa shape index (κ1) is 21.9. The summed E-state index contributed by atoms with van der Waals surface area (Å²) in [6.07, 6.45) is 2.78. The van der Waals surface area contributed by atoms with Crippen LogP contribution >= 0.6 is 0 Å². The lowest BCUT2D eigenvalue weighted by Crippen LogP contribution is -2.49. The van der Waals surface area contributed by atoms with Gasteiger partial charge >= 0.3 is 0 Å². The average Bonchev–Trinajstić information content (AvgIpc) is 3.46. The summed E-state index contributed by atoms with van der Waals surface area (Å²) in [5.74, 6) is -2.37. The maximum atomic E-state index is 14.5. The van der Waals surface area contributed by atoms with Crippen LogP contribution in [0.25, 0.3) is 10.9 Å². The zero-order chi connectivity index (χ0) is 24.0. The molecular formula is C23H22F2N6O3. The van der Waals surface area contributed by atoms with Crippen LogP contribution in [0.3, 0.4) is 0 Å². The van der Waals surface area contributed by atoms with Crippen molar-refractivity contribution >= 4 is 34.3 Å². The molecule has 1 aromatic carbocycles. The Morgan fingerprint density at radius 1 is 1.18 bits per heavy atom. The Morgan fingerprint density at radius 3 is 2.65 bits per heavy atom. The van der Waals surface area contributed by atoms with E-state index in [0.717, 1.165) is 0 Å². The first-order valence-corrected chi connectivity index (χ1v) is 11.0. The number of carbonyl (C=O) groups is 3. The Balaban J connectivity index is 1.43. The van der Waals surface area contributed by atoms with Crippen molar-refractivity contribution in [3.05, 3.63) is 54.2 Å². The van der Waals surface area contributed by atoms with Crippen LogP contribution in [0.5, 0.6) is 0 Å². The fraction of sp³-hybridized carbons (Fsp3) is 0.348. The Kier molecular flexibility index (Phi) is 5.46. The third kappa shape index (κ3) is 3.87. The molecule has 3 heterocycles. The van der Waals surface area contributed by atoms with Crippen LogP contribution < -0.4 is 10.6 Å². The highest BCUT2D eigenvalue weighted by atomic mass is 19.1. The molecule has 0 unspecified atom stereocenters. The quantitative estimate of drug-likeness (QED) is 0.593. The number of fused-ring (bicyclic) bond motifs is 1. The van der Waals surface area contributed by atoms with Gasteiger partial charge in [0.25, 0.3) is 5.91 Å². The Labute approximate surface area is 193 Å². The van der Waals surface area contributed by atoms with Gasteiger partial charge in [0.05, 0.1) is 23.9 Å². The molecule has 34 heavy (non-hydrogen) atoms. The van der Waals surface area contributed by atoms with Gasteiger partial charge in [-0.15, -0.1) is 0 Å². The molecule has 1 aliphatic carbocycles.